The number of rotatable bonds is 3. The van der Waals surface area contributed by atoms with Gasteiger partial charge < -0.3 is 4.74 Å². The van der Waals surface area contributed by atoms with Crippen LogP contribution in [-0.4, -0.2) is 12.4 Å². The Morgan fingerprint density at radius 2 is 2.14 bits per heavy atom. The normalized spacial score (nSPS) is 10.0. The maximum absolute atomic E-state index is 11.4. The SMILES string of the molecule is CCOc1ccc(C)c(I)c1C(C)=O. The maximum Gasteiger partial charge on any atom is 0.164 e. The second-order valence-corrected chi connectivity index (χ2v) is 4.14. The van der Waals surface area contributed by atoms with E-state index in [-0.39, 0.29) is 5.78 Å². The molecule has 0 saturated heterocycles. The smallest absolute Gasteiger partial charge is 0.164 e. The summed E-state index contributed by atoms with van der Waals surface area (Å²) >= 11 is 2.18. The minimum absolute atomic E-state index is 0.0570. The van der Waals surface area contributed by atoms with E-state index >= 15 is 0 Å². The zero-order valence-corrected chi connectivity index (χ0v) is 10.7. The lowest BCUT2D eigenvalue weighted by molar-refractivity contribution is 0.101. The molecule has 0 heterocycles. The molecule has 0 amide bonds. The summed E-state index contributed by atoms with van der Waals surface area (Å²) in [4.78, 5) is 11.4. The van der Waals surface area contributed by atoms with Crippen molar-refractivity contribution in [2.45, 2.75) is 20.8 Å². The first kappa shape index (κ1) is 11.5. The Labute approximate surface area is 97.8 Å². The highest BCUT2D eigenvalue weighted by atomic mass is 127. The molecule has 1 aromatic carbocycles. The van der Waals surface area contributed by atoms with E-state index in [1.165, 1.54) is 0 Å². The predicted octanol–water partition coefficient (Wildman–Crippen LogP) is 3.20. The van der Waals surface area contributed by atoms with Crippen molar-refractivity contribution < 1.29 is 9.53 Å². The number of carbonyl (C=O) groups excluding carboxylic acids is 1. The van der Waals surface area contributed by atoms with Crippen molar-refractivity contribution in [3.63, 3.8) is 0 Å². The summed E-state index contributed by atoms with van der Waals surface area (Å²) in [5, 5.41) is 0. The van der Waals surface area contributed by atoms with Crippen LogP contribution in [0.4, 0.5) is 0 Å². The molecular formula is C11H13IO2. The van der Waals surface area contributed by atoms with Crippen LogP contribution in [0.15, 0.2) is 12.1 Å². The second kappa shape index (κ2) is 4.77. The van der Waals surface area contributed by atoms with Gasteiger partial charge in [-0.15, -0.1) is 0 Å². The maximum atomic E-state index is 11.4. The number of aryl methyl sites for hydroxylation is 1. The number of hydrogen-bond acceptors (Lipinski definition) is 2. The molecule has 0 aliphatic carbocycles. The van der Waals surface area contributed by atoms with Crippen LogP contribution in [-0.2, 0) is 0 Å². The van der Waals surface area contributed by atoms with E-state index in [1.807, 2.05) is 26.0 Å². The first-order valence-corrected chi connectivity index (χ1v) is 5.58. The molecule has 3 heteroatoms. The lowest BCUT2D eigenvalue weighted by Crippen LogP contribution is -2.04. The van der Waals surface area contributed by atoms with E-state index in [4.69, 9.17) is 4.74 Å². The van der Waals surface area contributed by atoms with Crippen molar-refractivity contribution in [1.29, 1.82) is 0 Å². The van der Waals surface area contributed by atoms with Crippen molar-refractivity contribution in [3.8, 4) is 5.75 Å². The van der Waals surface area contributed by atoms with Gasteiger partial charge in [0, 0.05) is 3.57 Å². The summed E-state index contributed by atoms with van der Waals surface area (Å²) in [5.74, 6) is 0.747. The third-order valence-electron chi connectivity index (χ3n) is 1.95. The monoisotopic (exact) mass is 304 g/mol. The van der Waals surface area contributed by atoms with Gasteiger partial charge in [-0.2, -0.15) is 0 Å². The van der Waals surface area contributed by atoms with Gasteiger partial charge in [0.1, 0.15) is 5.75 Å². The summed E-state index contributed by atoms with van der Waals surface area (Å²) < 4.78 is 6.40. The van der Waals surface area contributed by atoms with Crippen molar-refractivity contribution in [1.82, 2.24) is 0 Å². The zero-order chi connectivity index (χ0) is 10.7. The molecule has 0 bridgehead atoms. The molecule has 0 N–H and O–H groups in total. The number of hydrogen-bond donors (Lipinski definition) is 0. The number of halogens is 1. The molecule has 1 aromatic rings. The molecule has 0 radical (unpaired) electrons. The fourth-order valence-electron chi connectivity index (χ4n) is 1.27. The van der Waals surface area contributed by atoms with E-state index < -0.39 is 0 Å². The van der Waals surface area contributed by atoms with E-state index in [2.05, 4.69) is 22.6 Å². The van der Waals surface area contributed by atoms with Crippen molar-refractivity contribution in [3.05, 3.63) is 26.8 Å². The number of benzene rings is 1. The van der Waals surface area contributed by atoms with Crippen LogP contribution in [0, 0.1) is 10.5 Å². The van der Waals surface area contributed by atoms with Crippen molar-refractivity contribution >= 4 is 28.4 Å². The van der Waals surface area contributed by atoms with Crippen LogP contribution in [0.2, 0.25) is 0 Å². The average molecular weight is 304 g/mol. The molecule has 0 unspecified atom stereocenters. The van der Waals surface area contributed by atoms with Gasteiger partial charge in [0.15, 0.2) is 5.78 Å². The average Bonchev–Trinajstić information content (AvgIpc) is 2.11. The Hall–Kier alpha value is -0.580. The van der Waals surface area contributed by atoms with Crippen LogP contribution in [0.1, 0.15) is 29.8 Å². The van der Waals surface area contributed by atoms with Gasteiger partial charge in [-0.3, -0.25) is 4.79 Å². The Morgan fingerprint density at radius 3 is 2.64 bits per heavy atom. The molecule has 2 nitrogen and oxygen atoms in total. The van der Waals surface area contributed by atoms with E-state index in [9.17, 15) is 4.79 Å². The third kappa shape index (κ3) is 2.26. The highest BCUT2D eigenvalue weighted by molar-refractivity contribution is 14.1. The van der Waals surface area contributed by atoms with Crippen LogP contribution in [0.3, 0.4) is 0 Å². The fourth-order valence-corrected chi connectivity index (χ4v) is 2.09. The molecule has 1 rings (SSSR count). The van der Waals surface area contributed by atoms with Gasteiger partial charge in [0.05, 0.1) is 12.2 Å². The van der Waals surface area contributed by atoms with E-state index in [0.29, 0.717) is 17.9 Å². The topological polar surface area (TPSA) is 26.3 Å². The molecule has 0 atom stereocenters. The first-order chi connectivity index (χ1) is 6.57. The van der Waals surface area contributed by atoms with Crippen LogP contribution >= 0.6 is 22.6 Å². The van der Waals surface area contributed by atoms with Crippen molar-refractivity contribution in [2.24, 2.45) is 0 Å². The zero-order valence-electron chi connectivity index (χ0n) is 8.56. The van der Waals surface area contributed by atoms with Gasteiger partial charge in [-0.1, -0.05) is 6.07 Å². The second-order valence-electron chi connectivity index (χ2n) is 3.06. The predicted molar refractivity (Wildman–Crippen MR) is 65.1 cm³/mol. The summed E-state index contributed by atoms with van der Waals surface area (Å²) in [6.07, 6.45) is 0. The molecule has 0 aliphatic rings. The summed E-state index contributed by atoms with van der Waals surface area (Å²) in [6.45, 7) is 6.06. The quantitative estimate of drug-likeness (QED) is 0.633. The molecule has 0 aliphatic heterocycles. The van der Waals surface area contributed by atoms with Crippen molar-refractivity contribution in [2.75, 3.05) is 6.61 Å². The van der Waals surface area contributed by atoms with Gasteiger partial charge in [0.2, 0.25) is 0 Å². The molecule has 76 valence electrons. The summed E-state index contributed by atoms with van der Waals surface area (Å²) in [7, 11) is 0. The summed E-state index contributed by atoms with van der Waals surface area (Å²) in [6, 6.07) is 3.83. The molecule has 0 fully saturated rings. The molecule has 14 heavy (non-hydrogen) atoms. The third-order valence-corrected chi connectivity index (χ3v) is 3.34. The lowest BCUT2D eigenvalue weighted by Gasteiger charge is -2.11. The van der Waals surface area contributed by atoms with Crippen LogP contribution in [0.25, 0.3) is 0 Å². The molecule has 0 aromatic heterocycles. The van der Waals surface area contributed by atoms with E-state index in [1.54, 1.807) is 6.92 Å². The number of Topliss-reactive ketones (excluding diaryl/α,β-unsaturated/α-hetero) is 1. The van der Waals surface area contributed by atoms with Gasteiger partial charge in [0.25, 0.3) is 0 Å². The Morgan fingerprint density at radius 1 is 1.50 bits per heavy atom. The first-order valence-electron chi connectivity index (χ1n) is 4.50. The van der Waals surface area contributed by atoms with Crippen LogP contribution in [0.5, 0.6) is 5.75 Å². The number of ether oxygens (including phenoxy) is 1. The number of ketones is 1. The van der Waals surface area contributed by atoms with Gasteiger partial charge in [-0.05, 0) is 55.0 Å². The highest BCUT2D eigenvalue weighted by Gasteiger charge is 2.13. The minimum atomic E-state index is 0.0570. The highest BCUT2D eigenvalue weighted by Crippen LogP contribution is 2.27. The van der Waals surface area contributed by atoms with Gasteiger partial charge in [-0.25, -0.2) is 0 Å². The standard InChI is InChI=1S/C11H13IO2/c1-4-14-9-6-5-7(2)11(12)10(9)8(3)13/h5-6H,4H2,1-3H3. The summed E-state index contributed by atoms with van der Waals surface area (Å²) in [5.41, 5.74) is 1.81. The largest absolute Gasteiger partial charge is 0.493 e. The number of carbonyl (C=O) groups is 1. The lowest BCUT2D eigenvalue weighted by atomic mass is 10.1. The fraction of sp³-hybridized carbons (Fsp3) is 0.364. The van der Waals surface area contributed by atoms with E-state index in [0.717, 1.165) is 9.13 Å². The Kier molecular flexibility index (Phi) is 3.92. The molecule has 0 saturated carbocycles. The molecular weight excluding hydrogens is 291 g/mol. The minimum Gasteiger partial charge on any atom is -0.493 e. The molecule has 0 spiro atoms. The van der Waals surface area contributed by atoms with Gasteiger partial charge >= 0.3 is 0 Å². The Bertz CT molecular complexity index is 359. The Balaban J connectivity index is 3.30. The van der Waals surface area contributed by atoms with Crippen LogP contribution < -0.4 is 4.74 Å².